The summed E-state index contributed by atoms with van der Waals surface area (Å²) in [7, 11) is -4.39. The number of aromatic nitrogens is 1. The van der Waals surface area contributed by atoms with E-state index in [-0.39, 0.29) is 29.9 Å². The SMILES string of the molecule is CC(C)Oc1cncc(S(=O)(=O)N2CCO[C@@H](C)[C@H]2C(F)(F)F)c1. The highest BCUT2D eigenvalue weighted by Crippen LogP contribution is 2.34. The molecule has 0 amide bonds. The summed E-state index contributed by atoms with van der Waals surface area (Å²) in [4.78, 5) is 3.42. The van der Waals surface area contributed by atoms with E-state index in [2.05, 4.69) is 4.98 Å². The average molecular weight is 368 g/mol. The van der Waals surface area contributed by atoms with Gasteiger partial charge in [0.25, 0.3) is 0 Å². The number of nitrogens with zero attached hydrogens (tertiary/aromatic N) is 2. The van der Waals surface area contributed by atoms with Crippen molar-refractivity contribution in [2.24, 2.45) is 0 Å². The molecule has 0 aromatic carbocycles. The van der Waals surface area contributed by atoms with Gasteiger partial charge in [0.1, 0.15) is 16.7 Å². The maximum absolute atomic E-state index is 13.3. The third kappa shape index (κ3) is 3.98. The third-order valence-electron chi connectivity index (χ3n) is 3.45. The Morgan fingerprint density at radius 1 is 1.38 bits per heavy atom. The van der Waals surface area contributed by atoms with Crippen LogP contribution >= 0.6 is 0 Å². The van der Waals surface area contributed by atoms with Crippen molar-refractivity contribution >= 4 is 10.0 Å². The standard InChI is InChI=1S/C14H19F3N2O4S/c1-9(2)23-11-6-12(8-18-7-11)24(20,21)19-4-5-22-10(3)13(19)14(15,16)17/h6-10,13H,4-5H2,1-3H3/t10-,13-/m0/s1. The molecule has 1 aromatic rings. The van der Waals surface area contributed by atoms with Gasteiger partial charge in [-0.15, -0.1) is 0 Å². The molecular formula is C14H19F3N2O4S. The van der Waals surface area contributed by atoms with Gasteiger partial charge < -0.3 is 9.47 Å². The van der Waals surface area contributed by atoms with E-state index in [9.17, 15) is 21.6 Å². The summed E-state index contributed by atoms with van der Waals surface area (Å²) in [6.07, 6.45) is -3.95. The Labute approximate surface area is 138 Å². The minimum atomic E-state index is -4.74. The fraction of sp³-hybridized carbons (Fsp3) is 0.643. The van der Waals surface area contributed by atoms with Crippen LogP contribution in [0.5, 0.6) is 5.75 Å². The molecular weight excluding hydrogens is 349 g/mol. The van der Waals surface area contributed by atoms with Gasteiger partial charge in [-0.3, -0.25) is 4.98 Å². The van der Waals surface area contributed by atoms with E-state index in [1.54, 1.807) is 13.8 Å². The first kappa shape index (κ1) is 18.9. The van der Waals surface area contributed by atoms with Crippen molar-refractivity contribution in [3.05, 3.63) is 18.5 Å². The molecule has 2 heterocycles. The molecule has 0 unspecified atom stereocenters. The van der Waals surface area contributed by atoms with Crippen LogP contribution in [0, 0.1) is 0 Å². The van der Waals surface area contributed by atoms with Crippen molar-refractivity contribution in [1.82, 2.24) is 9.29 Å². The van der Waals surface area contributed by atoms with Gasteiger partial charge in [0.2, 0.25) is 10.0 Å². The van der Waals surface area contributed by atoms with Crippen LogP contribution in [0.4, 0.5) is 13.2 Å². The van der Waals surface area contributed by atoms with E-state index in [1.165, 1.54) is 19.2 Å². The number of rotatable bonds is 4. The molecule has 0 radical (unpaired) electrons. The number of hydrogen-bond donors (Lipinski definition) is 0. The summed E-state index contributed by atoms with van der Waals surface area (Å²) in [5.41, 5.74) is 0. The lowest BCUT2D eigenvalue weighted by Crippen LogP contribution is -2.59. The molecule has 1 aliphatic heterocycles. The zero-order valence-electron chi connectivity index (χ0n) is 13.4. The van der Waals surface area contributed by atoms with E-state index in [0.29, 0.717) is 4.31 Å². The molecule has 6 nitrogen and oxygen atoms in total. The van der Waals surface area contributed by atoms with Crippen LogP contribution in [-0.2, 0) is 14.8 Å². The topological polar surface area (TPSA) is 68.7 Å². The van der Waals surface area contributed by atoms with Crippen LogP contribution in [0.1, 0.15) is 20.8 Å². The fourth-order valence-corrected chi connectivity index (χ4v) is 4.14. The number of ether oxygens (including phenoxy) is 2. The van der Waals surface area contributed by atoms with Gasteiger partial charge in [-0.25, -0.2) is 8.42 Å². The van der Waals surface area contributed by atoms with Crippen LogP contribution in [0.3, 0.4) is 0 Å². The van der Waals surface area contributed by atoms with Crippen LogP contribution in [0.25, 0.3) is 0 Å². The molecule has 1 fully saturated rings. The zero-order valence-corrected chi connectivity index (χ0v) is 14.3. The molecule has 0 saturated carbocycles. The largest absolute Gasteiger partial charge is 0.489 e. The highest BCUT2D eigenvalue weighted by molar-refractivity contribution is 7.89. The number of pyridine rings is 1. The second-order valence-corrected chi connectivity index (χ2v) is 7.59. The Morgan fingerprint density at radius 2 is 2.04 bits per heavy atom. The lowest BCUT2D eigenvalue weighted by Gasteiger charge is -2.39. The number of halogens is 3. The van der Waals surface area contributed by atoms with Gasteiger partial charge in [0.05, 0.1) is 25.0 Å². The number of alkyl halides is 3. The molecule has 1 aromatic heterocycles. The van der Waals surface area contributed by atoms with Crippen LogP contribution < -0.4 is 4.74 Å². The van der Waals surface area contributed by atoms with Crippen LogP contribution in [0.15, 0.2) is 23.4 Å². The van der Waals surface area contributed by atoms with Crippen LogP contribution in [0.2, 0.25) is 0 Å². The molecule has 0 spiro atoms. The van der Waals surface area contributed by atoms with Gasteiger partial charge >= 0.3 is 6.18 Å². The molecule has 2 atom stereocenters. The fourth-order valence-electron chi connectivity index (χ4n) is 2.50. The second kappa shape index (κ2) is 6.85. The van der Waals surface area contributed by atoms with E-state index in [0.717, 1.165) is 6.20 Å². The molecule has 0 aliphatic carbocycles. The smallest absolute Gasteiger partial charge is 0.407 e. The normalized spacial score (nSPS) is 23.5. The first-order chi connectivity index (χ1) is 11.0. The van der Waals surface area contributed by atoms with E-state index in [4.69, 9.17) is 9.47 Å². The molecule has 0 bridgehead atoms. The summed E-state index contributed by atoms with van der Waals surface area (Å²) in [6, 6.07) is -1.07. The maximum Gasteiger partial charge on any atom is 0.407 e. The minimum Gasteiger partial charge on any atom is -0.489 e. The Bertz CT molecular complexity index is 679. The Kier molecular flexibility index (Phi) is 5.41. The van der Waals surface area contributed by atoms with Gasteiger partial charge in [-0.2, -0.15) is 17.5 Å². The van der Waals surface area contributed by atoms with Gasteiger partial charge in [0.15, 0.2) is 0 Å². The summed E-state index contributed by atoms with van der Waals surface area (Å²) < 4.78 is 76.1. The quantitative estimate of drug-likeness (QED) is 0.815. The molecule has 24 heavy (non-hydrogen) atoms. The summed E-state index contributed by atoms with van der Waals surface area (Å²) in [5, 5.41) is 0. The highest BCUT2D eigenvalue weighted by atomic mass is 32.2. The van der Waals surface area contributed by atoms with Gasteiger partial charge in [0, 0.05) is 18.8 Å². The Morgan fingerprint density at radius 3 is 2.62 bits per heavy atom. The Balaban J connectivity index is 2.41. The Hall–Kier alpha value is -1.39. The lowest BCUT2D eigenvalue weighted by atomic mass is 10.1. The van der Waals surface area contributed by atoms with E-state index in [1.807, 2.05) is 0 Å². The predicted molar refractivity (Wildman–Crippen MR) is 79.1 cm³/mol. The van der Waals surface area contributed by atoms with Crippen molar-refractivity contribution < 1.29 is 31.1 Å². The molecule has 1 aliphatic rings. The minimum absolute atomic E-state index is 0.109. The monoisotopic (exact) mass is 368 g/mol. The second-order valence-electron chi connectivity index (χ2n) is 5.70. The molecule has 0 N–H and O–H groups in total. The molecule has 2 rings (SSSR count). The first-order valence-electron chi connectivity index (χ1n) is 7.35. The summed E-state index contributed by atoms with van der Waals surface area (Å²) in [5.74, 6) is 0.177. The molecule has 10 heteroatoms. The van der Waals surface area contributed by atoms with Crippen molar-refractivity contribution in [3.63, 3.8) is 0 Å². The van der Waals surface area contributed by atoms with E-state index < -0.39 is 28.3 Å². The first-order valence-corrected chi connectivity index (χ1v) is 8.79. The van der Waals surface area contributed by atoms with E-state index >= 15 is 0 Å². The van der Waals surface area contributed by atoms with Crippen molar-refractivity contribution in [2.75, 3.05) is 13.2 Å². The predicted octanol–water partition coefficient (Wildman–Crippen LogP) is 2.21. The van der Waals surface area contributed by atoms with Crippen molar-refractivity contribution in [3.8, 4) is 5.75 Å². The zero-order chi connectivity index (χ0) is 18.1. The summed E-state index contributed by atoms with van der Waals surface area (Å²) in [6.45, 7) is 4.19. The van der Waals surface area contributed by atoms with Crippen molar-refractivity contribution in [1.29, 1.82) is 0 Å². The molecule has 136 valence electrons. The lowest BCUT2D eigenvalue weighted by molar-refractivity contribution is -0.214. The third-order valence-corrected chi connectivity index (χ3v) is 5.30. The average Bonchev–Trinajstić information content (AvgIpc) is 2.45. The highest BCUT2D eigenvalue weighted by Gasteiger charge is 2.53. The van der Waals surface area contributed by atoms with Gasteiger partial charge in [-0.05, 0) is 20.8 Å². The maximum atomic E-state index is 13.3. The van der Waals surface area contributed by atoms with Crippen molar-refractivity contribution in [2.45, 2.75) is 50.1 Å². The number of sulfonamides is 1. The van der Waals surface area contributed by atoms with Crippen LogP contribution in [-0.4, -0.2) is 55.3 Å². The van der Waals surface area contributed by atoms with Gasteiger partial charge in [-0.1, -0.05) is 0 Å². The number of morpholine rings is 1. The summed E-state index contributed by atoms with van der Waals surface area (Å²) >= 11 is 0. The number of hydrogen-bond acceptors (Lipinski definition) is 5. The molecule has 1 saturated heterocycles.